The van der Waals surface area contributed by atoms with Crippen LogP contribution in [0.4, 0.5) is 18.9 Å². The fraction of sp³-hybridized carbons (Fsp3) is 0.250. The maximum atomic E-state index is 12.7. The quantitative estimate of drug-likeness (QED) is 0.816. The van der Waals surface area contributed by atoms with Gasteiger partial charge in [0.15, 0.2) is 0 Å². The van der Waals surface area contributed by atoms with Crippen molar-refractivity contribution in [2.24, 2.45) is 0 Å². The van der Waals surface area contributed by atoms with Crippen LogP contribution in [0.1, 0.15) is 15.9 Å². The third-order valence-electron chi connectivity index (χ3n) is 3.24. The van der Waals surface area contributed by atoms with E-state index in [2.05, 4.69) is 10.3 Å². The predicted molar refractivity (Wildman–Crippen MR) is 81.5 cm³/mol. The molecule has 0 aliphatic carbocycles. The fourth-order valence-corrected chi connectivity index (χ4v) is 2.04. The zero-order valence-electron chi connectivity index (χ0n) is 13.0. The molecule has 0 amide bonds. The van der Waals surface area contributed by atoms with E-state index in [1.165, 1.54) is 14.2 Å². The van der Waals surface area contributed by atoms with Crippen molar-refractivity contribution in [3.05, 3.63) is 47.7 Å². The molecule has 2 aromatic rings. The molecule has 2 rings (SSSR count). The average molecular weight is 340 g/mol. The summed E-state index contributed by atoms with van der Waals surface area (Å²) >= 11 is 0. The summed E-state index contributed by atoms with van der Waals surface area (Å²) < 4.78 is 48.2. The minimum atomic E-state index is -4.98. The minimum Gasteiger partial charge on any atom is -0.497 e. The number of benzene rings is 1. The van der Waals surface area contributed by atoms with Crippen LogP contribution in [-0.2, 0) is 6.54 Å². The molecule has 0 aliphatic heterocycles. The lowest BCUT2D eigenvalue weighted by molar-refractivity contribution is -0.0884. The first-order valence-corrected chi connectivity index (χ1v) is 6.88. The van der Waals surface area contributed by atoms with E-state index >= 15 is 0 Å². The highest BCUT2D eigenvalue weighted by molar-refractivity contribution is 6.05. The van der Waals surface area contributed by atoms with E-state index in [0.29, 0.717) is 5.75 Å². The Labute approximate surface area is 136 Å². The van der Waals surface area contributed by atoms with Crippen molar-refractivity contribution in [2.75, 3.05) is 19.5 Å². The molecule has 0 unspecified atom stereocenters. The SMILES string of the molecule is COc1ccc(CNc2c(C(=O)C(F)(F)F)ccnc2OC)cc1. The summed E-state index contributed by atoms with van der Waals surface area (Å²) in [5.41, 5.74) is 0.146. The van der Waals surface area contributed by atoms with Gasteiger partial charge in [-0.3, -0.25) is 4.79 Å². The van der Waals surface area contributed by atoms with Gasteiger partial charge in [0.05, 0.1) is 19.8 Å². The van der Waals surface area contributed by atoms with Crippen LogP contribution in [0.25, 0.3) is 0 Å². The van der Waals surface area contributed by atoms with Crippen molar-refractivity contribution in [1.82, 2.24) is 4.98 Å². The first-order chi connectivity index (χ1) is 11.4. The number of carbonyl (C=O) groups is 1. The van der Waals surface area contributed by atoms with Crippen LogP contribution in [0, 0.1) is 0 Å². The molecule has 1 aromatic carbocycles. The van der Waals surface area contributed by atoms with Gasteiger partial charge in [0.1, 0.15) is 11.4 Å². The van der Waals surface area contributed by atoms with Gasteiger partial charge >= 0.3 is 6.18 Å². The number of ketones is 1. The van der Waals surface area contributed by atoms with Gasteiger partial charge in [0, 0.05) is 12.7 Å². The largest absolute Gasteiger partial charge is 0.497 e. The van der Waals surface area contributed by atoms with Gasteiger partial charge in [-0.15, -0.1) is 0 Å². The zero-order chi connectivity index (χ0) is 17.7. The molecule has 0 atom stereocenters. The summed E-state index contributed by atoms with van der Waals surface area (Å²) in [4.78, 5) is 15.4. The molecular formula is C16H15F3N2O3. The molecule has 24 heavy (non-hydrogen) atoms. The third-order valence-corrected chi connectivity index (χ3v) is 3.24. The lowest BCUT2D eigenvalue weighted by Gasteiger charge is -2.15. The van der Waals surface area contributed by atoms with Gasteiger partial charge in [0.25, 0.3) is 5.78 Å². The number of aromatic nitrogens is 1. The second-order valence-corrected chi connectivity index (χ2v) is 4.77. The van der Waals surface area contributed by atoms with E-state index in [4.69, 9.17) is 9.47 Å². The topological polar surface area (TPSA) is 60.5 Å². The first-order valence-electron chi connectivity index (χ1n) is 6.88. The van der Waals surface area contributed by atoms with Gasteiger partial charge < -0.3 is 14.8 Å². The zero-order valence-corrected chi connectivity index (χ0v) is 13.0. The number of Topliss-reactive ketones (excluding diaryl/α,β-unsaturated/α-hetero) is 1. The number of pyridine rings is 1. The second kappa shape index (κ2) is 7.20. The molecular weight excluding hydrogens is 325 g/mol. The molecule has 5 nitrogen and oxygen atoms in total. The molecule has 1 aromatic heterocycles. The Morgan fingerprint density at radius 3 is 2.33 bits per heavy atom. The predicted octanol–water partition coefficient (Wildman–Crippen LogP) is 3.46. The van der Waals surface area contributed by atoms with E-state index < -0.39 is 17.5 Å². The van der Waals surface area contributed by atoms with Crippen molar-refractivity contribution in [1.29, 1.82) is 0 Å². The monoisotopic (exact) mass is 340 g/mol. The van der Waals surface area contributed by atoms with Crippen molar-refractivity contribution in [3.8, 4) is 11.6 Å². The number of nitrogens with one attached hydrogen (secondary N) is 1. The first kappa shape index (κ1) is 17.6. The van der Waals surface area contributed by atoms with Crippen molar-refractivity contribution in [2.45, 2.75) is 12.7 Å². The molecule has 1 N–H and O–H groups in total. The summed E-state index contributed by atoms with van der Waals surface area (Å²) in [6.45, 7) is 0.185. The normalized spacial score (nSPS) is 11.0. The van der Waals surface area contributed by atoms with Crippen LogP contribution in [0.15, 0.2) is 36.5 Å². The molecule has 0 aliphatic rings. The van der Waals surface area contributed by atoms with Crippen molar-refractivity contribution >= 4 is 11.5 Å². The molecule has 0 fully saturated rings. The van der Waals surface area contributed by atoms with Crippen LogP contribution in [0.2, 0.25) is 0 Å². The number of carbonyl (C=O) groups excluding carboxylic acids is 1. The number of methoxy groups -OCH3 is 2. The Kier molecular flexibility index (Phi) is 5.28. The van der Waals surface area contributed by atoms with Gasteiger partial charge in [-0.1, -0.05) is 12.1 Å². The van der Waals surface area contributed by atoms with Crippen LogP contribution in [-0.4, -0.2) is 31.2 Å². The van der Waals surface area contributed by atoms with Crippen LogP contribution in [0.5, 0.6) is 11.6 Å². The van der Waals surface area contributed by atoms with E-state index in [0.717, 1.165) is 17.8 Å². The highest BCUT2D eigenvalue weighted by Gasteiger charge is 2.41. The highest BCUT2D eigenvalue weighted by Crippen LogP contribution is 2.31. The average Bonchev–Trinajstić information content (AvgIpc) is 2.58. The number of hydrogen-bond acceptors (Lipinski definition) is 5. The van der Waals surface area contributed by atoms with Crippen molar-refractivity contribution in [3.63, 3.8) is 0 Å². The summed E-state index contributed by atoms with van der Waals surface area (Å²) in [5.74, 6) is -1.38. The van der Waals surface area contributed by atoms with Gasteiger partial charge in [-0.05, 0) is 23.8 Å². The maximum Gasteiger partial charge on any atom is 0.454 e. The number of ether oxygens (including phenoxy) is 2. The number of rotatable bonds is 6. The van der Waals surface area contributed by atoms with Gasteiger partial charge in [0.2, 0.25) is 5.88 Å². The molecule has 0 saturated heterocycles. The molecule has 0 bridgehead atoms. The summed E-state index contributed by atoms with van der Waals surface area (Å²) in [7, 11) is 2.80. The van der Waals surface area contributed by atoms with Crippen molar-refractivity contribution < 1.29 is 27.4 Å². The molecule has 1 heterocycles. The Morgan fingerprint density at radius 2 is 1.79 bits per heavy atom. The number of hydrogen-bond donors (Lipinski definition) is 1. The molecule has 128 valence electrons. The van der Waals surface area contributed by atoms with Gasteiger partial charge in [-0.25, -0.2) is 4.98 Å². The summed E-state index contributed by atoms with van der Waals surface area (Å²) in [6.07, 6.45) is -3.89. The van der Waals surface area contributed by atoms with Crippen LogP contribution in [0.3, 0.4) is 0 Å². The maximum absolute atomic E-state index is 12.7. The standard InChI is InChI=1S/C16H15F3N2O3/c1-23-11-5-3-10(4-6-11)9-21-13-12(14(22)16(17,18)19)7-8-20-15(13)24-2/h3-8,21H,9H2,1-2H3. The third kappa shape index (κ3) is 3.95. The van der Waals surface area contributed by atoms with E-state index in [1.807, 2.05) is 0 Å². The Balaban J connectivity index is 2.28. The number of halogens is 3. The second-order valence-electron chi connectivity index (χ2n) is 4.77. The summed E-state index contributed by atoms with van der Waals surface area (Å²) in [5, 5.41) is 2.79. The van der Waals surface area contributed by atoms with E-state index in [1.54, 1.807) is 24.3 Å². The highest BCUT2D eigenvalue weighted by atomic mass is 19.4. The fourth-order valence-electron chi connectivity index (χ4n) is 2.04. The van der Waals surface area contributed by atoms with Crippen LogP contribution >= 0.6 is 0 Å². The Hall–Kier alpha value is -2.77. The molecule has 0 radical (unpaired) electrons. The van der Waals surface area contributed by atoms with Gasteiger partial charge in [-0.2, -0.15) is 13.2 Å². The molecule has 0 saturated carbocycles. The Bertz CT molecular complexity index is 715. The minimum absolute atomic E-state index is 0.0846. The number of alkyl halides is 3. The number of nitrogens with zero attached hydrogens (tertiary/aromatic N) is 1. The summed E-state index contributed by atoms with van der Waals surface area (Å²) in [6, 6.07) is 7.95. The molecule has 0 spiro atoms. The number of anilines is 1. The van der Waals surface area contributed by atoms with E-state index in [-0.39, 0.29) is 18.1 Å². The Morgan fingerprint density at radius 1 is 1.12 bits per heavy atom. The lowest BCUT2D eigenvalue weighted by Crippen LogP contribution is -2.24. The van der Waals surface area contributed by atoms with E-state index in [9.17, 15) is 18.0 Å². The lowest BCUT2D eigenvalue weighted by atomic mass is 10.1. The molecule has 8 heteroatoms. The smallest absolute Gasteiger partial charge is 0.454 e. The van der Waals surface area contributed by atoms with Crippen LogP contribution < -0.4 is 14.8 Å².